The zero-order valence-corrected chi connectivity index (χ0v) is 19.8. The Morgan fingerprint density at radius 2 is 1.53 bits per heavy atom. The van der Waals surface area contributed by atoms with Crippen LogP contribution in [0, 0.1) is 0 Å². The lowest BCUT2D eigenvalue weighted by molar-refractivity contribution is -0.260. The largest absolute Gasteiger partial charge is 0.481 e. The van der Waals surface area contributed by atoms with Crippen LogP contribution in [0.15, 0.2) is 0 Å². The highest BCUT2D eigenvalue weighted by Gasteiger charge is 2.58. The number of carbonyl (C=O) groups excluding carboxylic acids is 2. The smallest absolute Gasteiger partial charge is 0.394 e. The molecule has 0 saturated carbocycles. The van der Waals surface area contributed by atoms with Gasteiger partial charge in [-0.05, 0) is 0 Å². The number of aliphatic hydroxyl groups is 6. The highest BCUT2D eigenvalue weighted by Crippen LogP contribution is 2.59. The summed E-state index contributed by atoms with van der Waals surface area (Å²) in [5.74, 6) is -0.640. The molecule has 3 fully saturated rings. The van der Waals surface area contributed by atoms with Gasteiger partial charge in [0.25, 0.3) is 0 Å². The molecule has 0 aliphatic carbocycles. The van der Waals surface area contributed by atoms with Gasteiger partial charge in [-0.3, -0.25) is 19.5 Å². The Labute approximate surface area is 201 Å². The lowest BCUT2D eigenvalue weighted by Crippen LogP contribution is -2.64. The van der Waals surface area contributed by atoms with Gasteiger partial charge in [-0.1, -0.05) is 0 Å². The summed E-state index contributed by atoms with van der Waals surface area (Å²) in [7, 11) is -11.4. The molecule has 0 aromatic carbocycles. The van der Waals surface area contributed by atoms with E-state index in [0.29, 0.717) is 0 Å². The predicted molar refractivity (Wildman–Crippen MR) is 107 cm³/mol. The van der Waals surface area contributed by atoms with E-state index in [9.17, 15) is 54.3 Å². The molecule has 0 bridgehead atoms. The lowest BCUT2D eigenvalue weighted by atomic mass is 9.89. The van der Waals surface area contributed by atoms with Crippen LogP contribution in [0.2, 0.25) is 0 Å². The Morgan fingerprint density at radius 1 is 0.944 bits per heavy atom. The lowest BCUT2D eigenvalue weighted by Gasteiger charge is -2.44. The number of phosphoric ester groups is 1. The summed E-state index contributed by atoms with van der Waals surface area (Å²) >= 11 is 0. The van der Waals surface area contributed by atoms with Crippen molar-refractivity contribution in [3.63, 3.8) is 0 Å². The number of carbonyl (C=O) groups is 2. The van der Waals surface area contributed by atoms with E-state index in [0.717, 1.165) is 4.90 Å². The molecular formula is C15H26N2O17P2. The average Bonchev–Trinajstić information content (AvgIpc) is 3.04. The third-order valence-electron chi connectivity index (χ3n) is 5.71. The SMILES string of the molecule is O=C1CCN([C@@H]2O[C@H](C(OP(=O)(O)OP(=O)(O)O)[C@H]3O[C@H](CO)[C@@H](O)[C@H](O)[C@H]3O)[C@@H](O)[C@H]2O)C(=O)N1. The molecule has 10 N–H and O–H groups in total. The number of nitrogens with one attached hydrogen (secondary N) is 1. The Morgan fingerprint density at radius 3 is 2.08 bits per heavy atom. The molecule has 3 heterocycles. The monoisotopic (exact) mass is 568 g/mol. The molecule has 3 saturated heterocycles. The maximum absolute atomic E-state index is 12.3. The maximum Gasteiger partial charge on any atom is 0.481 e. The van der Waals surface area contributed by atoms with Gasteiger partial charge in [0, 0.05) is 13.0 Å². The van der Waals surface area contributed by atoms with Crippen LogP contribution in [0.5, 0.6) is 0 Å². The van der Waals surface area contributed by atoms with Gasteiger partial charge in [-0.25, -0.2) is 13.9 Å². The van der Waals surface area contributed by atoms with Crippen molar-refractivity contribution in [1.82, 2.24) is 10.2 Å². The van der Waals surface area contributed by atoms with Crippen molar-refractivity contribution in [2.45, 2.75) is 67.6 Å². The second kappa shape index (κ2) is 10.9. The van der Waals surface area contributed by atoms with Gasteiger partial charge in [-0.2, -0.15) is 4.31 Å². The molecule has 0 aromatic rings. The van der Waals surface area contributed by atoms with Gasteiger partial charge in [0.05, 0.1) is 6.61 Å². The molecule has 3 amide bonds. The molecule has 36 heavy (non-hydrogen) atoms. The Balaban J connectivity index is 1.95. The summed E-state index contributed by atoms with van der Waals surface area (Å²) in [5, 5.41) is 63.0. The maximum atomic E-state index is 12.3. The molecular weight excluding hydrogens is 542 g/mol. The number of nitrogens with zero attached hydrogens (tertiary/aromatic N) is 1. The highest BCUT2D eigenvalue weighted by atomic mass is 31.3. The van der Waals surface area contributed by atoms with Crippen LogP contribution in [0.4, 0.5) is 4.79 Å². The van der Waals surface area contributed by atoms with E-state index >= 15 is 0 Å². The Hall–Kier alpha value is -1.12. The van der Waals surface area contributed by atoms with Gasteiger partial charge in [0.15, 0.2) is 6.23 Å². The van der Waals surface area contributed by atoms with Crippen molar-refractivity contribution in [3.8, 4) is 0 Å². The highest BCUT2D eigenvalue weighted by molar-refractivity contribution is 7.60. The number of aliphatic hydroxyl groups excluding tert-OH is 6. The fraction of sp³-hybridized carbons (Fsp3) is 0.867. The van der Waals surface area contributed by atoms with Crippen molar-refractivity contribution < 1.29 is 82.3 Å². The van der Waals surface area contributed by atoms with E-state index in [-0.39, 0.29) is 13.0 Å². The molecule has 0 radical (unpaired) electrons. The van der Waals surface area contributed by atoms with E-state index in [1.807, 2.05) is 5.32 Å². The van der Waals surface area contributed by atoms with Crippen LogP contribution in [-0.2, 0) is 32.2 Å². The number of phosphoric acid groups is 2. The number of imide groups is 1. The minimum absolute atomic E-state index is 0.215. The van der Waals surface area contributed by atoms with Crippen LogP contribution in [-0.4, -0.2) is 136 Å². The predicted octanol–water partition coefficient (Wildman–Crippen LogP) is -5.19. The molecule has 3 rings (SSSR count). The van der Waals surface area contributed by atoms with Crippen LogP contribution in [0.1, 0.15) is 6.42 Å². The van der Waals surface area contributed by atoms with E-state index < -0.39 is 95.4 Å². The molecule has 3 aliphatic heterocycles. The van der Waals surface area contributed by atoms with Gasteiger partial charge >= 0.3 is 21.7 Å². The molecule has 3 aliphatic rings. The van der Waals surface area contributed by atoms with Crippen molar-refractivity contribution >= 4 is 27.6 Å². The summed E-state index contributed by atoms with van der Waals surface area (Å²) in [6.07, 6.45) is -20.0. The Bertz CT molecular complexity index is 930. The van der Waals surface area contributed by atoms with Crippen LogP contribution in [0.3, 0.4) is 0 Å². The van der Waals surface area contributed by atoms with Gasteiger partial charge in [0.2, 0.25) is 5.91 Å². The van der Waals surface area contributed by atoms with Crippen molar-refractivity contribution in [3.05, 3.63) is 0 Å². The number of urea groups is 1. The number of hydrogen-bond acceptors (Lipinski definition) is 14. The summed E-state index contributed by atoms with van der Waals surface area (Å²) in [5.41, 5.74) is 0. The van der Waals surface area contributed by atoms with E-state index in [4.69, 9.17) is 23.8 Å². The zero-order chi connectivity index (χ0) is 27.2. The second-order valence-electron chi connectivity index (χ2n) is 8.17. The first-order chi connectivity index (χ1) is 16.6. The normalized spacial score (nSPS) is 40.6. The minimum Gasteiger partial charge on any atom is -0.394 e. The van der Waals surface area contributed by atoms with Gasteiger partial charge < -0.3 is 54.8 Å². The van der Waals surface area contributed by atoms with Gasteiger partial charge in [-0.15, -0.1) is 0 Å². The molecule has 11 atom stereocenters. The first-order valence-corrected chi connectivity index (χ1v) is 13.3. The first-order valence-electron chi connectivity index (χ1n) is 10.3. The quantitative estimate of drug-likeness (QED) is 0.122. The fourth-order valence-corrected chi connectivity index (χ4v) is 5.83. The number of hydrogen-bond donors (Lipinski definition) is 10. The number of amides is 3. The van der Waals surface area contributed by atoms with Crippen LogP contribution >= 0.6 is 15.6 Å². The van der Waals surface area contributed by atoms with Gasteiger partial charge in [0.1, 0.15) is 54.9 Å². The molecule has 2 unspecified atom stereocenters. The molecule has 208 valence electrons. The number of ether oxygens (including phenoxy) is 2. The third-order valence-corrected chi connectivity index (χ3v) is 7.90. The summed E-state index contributed by atoms with van der Waals surface area (Å²) in [6, 6.07) is -1.02. The fourth-order valence-electron chi connectivity index (χ4n) is 4.05. The van der Waals surface area contributed by atoms with Crippen molar-refractivity contribution in [2.24, 2.45) is 0 Å². The third kappa shape index (κ3) is 6.29. The molecule has 0 aromatic heterocycles. The molecule has 19 nitrogen and oxygen atoms in total. The Kier molecular flexibility index (Phi) is 8.94. The molecule has 0 spiro atoms. The molecule has 21 heteroatoms. The van der Waals surface area contributed by atoms with E-state index in [1.165, 1.54) is 0 Å². The van der Waals surface area contributed by atoms with Crippen molar-refractivity contribution in [2.75, 3.05) is 13.2 Å². The van der Waals surface area contributed by atoms with Crippen LogP contribution < -0.4 is 5.32 Å². The summed E-state index contributed by atoms with van der Waals surface area (Å²) in [6.45, 7) is -1.23. The topological polar surface area (TPSA) is 303 Å². The minimum atomic E-state index is -5.77. The van der Waals surface area contributed by atoms with E-state index in [2.05, 4.69) is 4.31 Å². The number of rotatable bonds is 8. The second-order valence-corrected chi connectivity index (χ2v) is 11.0. The van der Waals surface area contributed by atoms with E-state index in [1.54, 1.807) is 0 Å². The first kappa shape index (κ1) is 29.4. The summed E-state index contributed by atoms with van der Waals surface area (Å²) in [4.78, 5) is 52.0. The van der Waals surface area contributed by atoms with Crippen LogP contribution in [0.25, 0.3) is 0 Å². The summed E-state index contributed by atoms with van der Waals surface area (Å²) < 4.78 is 42.6. The average molecular weight is 568 g/mol. The van der Waals surface area contributed by atoms with Crippen molar-refractivity contribution in [1.29, 1.82) is 0 Å². The standard InChI is InChI=1S/C15H26N2O17P2/c18-3-4-6(20)7(21)8(22)11(31-4)13(33-36(29,30)34-35(26,27)28)12-9(23)10(24)14(32-12)17-2-1-5(19)16-15(17)25/h4,6-14,18,20-24H,1-3H2,(H,29,30)(H,16,19,25)(H2,26,27,28)/t4-,6-,7+,8-,9+,10-,11+,12+,13?,14-/m1/s1. The zero-order valence-electron chi connectivity index (χ0n) is 18.0.